The number of ketones is 2. The number of fused-ring (bicyclic) bond motifs is 2. The van der Waals surface area contributed by atoms with Crippen molar-refractivity contribution in [2.45, 2.75) is 18.7 Å². The first kappa shape index (κ1) is 22.6. The number of carbonyl (C=O) groups excluding carboxylic acids is 2. The lowest BCUT2D eigenvalue weighted by molar-refractivity contribution is 0.0977. The Bertz CT molecular complexity index is 1590. The second-order valence-electron chi connectivity index (χ2n) is 8.39. The quantitative estimate of drug-likeness (QED) is 0.328. The van der Waals surface area contributed by atoms with E-state index in [1.165, 1.54) is 30.3 Å². The molecule has 0 saturated heterocycles. The smallest absolute Gasteiger partial charge is 0.339 e. The topological polar surface area (TPSA) is 89.5 Å². The predicted molar refractivity (Wildman–Crippen MR) is 133 cm³/mol. The molecule has 0 saturated carbocycles. The zero-order valence-corrected chi connectivity index (χ0v) is 19.8. The van der Waals surface area contributed by atoms with Gasteiger partial charge < -0.3 is 9.50 Å². The van der Waals surface area contributed by atoms with E-state index in [0.29, 0.717) is 11.3 Å². The molecule has 0 unspecified atom stereocenters. The number of benzene rings is 4. The van der Waals surface area contributed by atoms with Gasteiger partial charge in [0, 0.05) is 28.1 Å². The molecule has 0 bridgehead atoms. The van der Waals surface area contributed by atoms with E-state index < -0.39 is 15.9 Å². The van der Waals surface area contributed by atoms with Gasteiger partial charge in [-0.05, 0) is 61.9 Å². The molecule has 1 aliphatic rings. The Labute approximate surface area is 203 Å². The van der Waals surface area contributed by atoms with Crippen LogP contribution in [-0.4, -0.2) is 20.0 Å². The maximum atomic E-state index is 13.6. The molecule has 6 nitrogen and oxygen atoms in total. The van der Waals surface area contributed by atoms with Crippen molar-refractivity contribution >= 4 is 33.1 Å². The molecular formula is C28H21NO5S. The predicted octanol–water partition coefficient (Wildman–Crippen LogP) is 5.59. The van der Waals surface area contributed by atoms with Crippen LogP contribution in [0.5, 0.6) is 5.75 Å². The summed E-state index contributed by atoms with van der Waals surface area (Å²) < 4.78 is 31.2. The lowest BCUT2D eigenvalue weighted by Crippen LogP contribution is -2.24. The van der Waals surface area contributed by atoms with Gasteiger partial charge in [-0.2, -0.15) is 8.42 Å². The molecule has 35 heavy (non-hydrogen) atoms. The summed E-state index contributed by atoms with van der Waals surface area (Å²) in [6, 6.07) is 23.5. The fourth-order valence-electron chi connectivity index (χ4n) is 4.19. The molecule has 5 rings (SSSR count). The summed E-state index contributed by atoms with van der Waals surface area (Å²) in [7, 11) is -4.21. The van der Waals surface area contributed by atoms with Gasteiger partial charge in [-0.25, -0.2) is 0 Å². The van der Waals surface area contributed by atoms with E-state index in [-0.39, 0.29) is 38.7 Å². The third kappa shape index (κ3) is 4.11. The molecule has 4 aromatic carbocycles. The standard InChI is InChI=1S/C28H21NO5S/c1-17-11-13-21(14-12-17)35(32,33)34-24-10-6-9-22-26(24)28(31)25-18(2)15-20(16-23(25)27(22)30)29-19-7-4-3-5-8-19/h3-16,29H,1-2H3. The third-order valence-corrected chi connectivity index (χ3v) is 7.13. The molecule has 0 fully saturated rings. The van der Waals surface area contributed by atoms with Crippen LogP contribution in [0.3, 0.4) is 0 Å². The van der Waals surface area contributed by atoms with Gasteiger partial charge in [-0.1, -0.05) is 48.0 Å². The van der Waals surface area contributed by atoms with Crippen LogP contribution < -0.4 is 9.50 Å². The molecule has 0 atom stereocenters. The van der Waals surface area contributed by atoms with Crippen molar-refractivity contribution in [1.29, 1.82) is 0 Å². The van der Waals surface area contributed by atoms with E-state index >= 15 is 0 Å². The second-order valence-corrected chi connectivity index (χ2v) is 9.94. The summed E-state index contributed by atoms with van der Waals surface area (Å²) in [4.78, 5) is 27.0. The van der Waals surface area contributed by atoms with Gasteiger partial charge in [0.2, 0.25) is 0 Å². The van der Waals surface area contributed by atoms with Crippen LogP contribution >= 0.6 is 0 Å². The van der Waals surface area contributed by atoms with Gasteiger partial charge in [-0.15, -0.1) is 0 Å². The van der Waals surface area contributed by atoms with Gasteiger partial charge >= 0.3 is 10.1 Å². The summed E-state index contributed by atoms with van der Waals surface area (Å²) >= 11 is 0. The number of para-hydroxylation sites is 1. The number of hydrogen-bond donors (Lipinski definition) is 1. The van der Waals surface area contributed by atoms with Gasteiger partial charge in [0.05, 0.1) is 5.56 Å². The number of anilines is 2. The van der Waals surface area contributed by atoms with Crippen molar-refractivity contribution in [2.24, 2.45) is 0 Å². The van der Waals surface area contributed by atoms with Crippen LogP contribution in [0, 0.1) is 13.8 Å². The first-order chi connectivity index (χ1) is 16.7. The number of hydrogen-bond acceptors (Lipinski definition) is 6. The SMILES string of the molecule is Cc1ccc(S(=O)(=O)Oc2cccc3c2C(=O)c2c(C)cc(Nc4ccccc4)cc2C3=O)cc1. The highest BCUT2D eigenvalue weighted by molar-refractivity contribution is 7.87. The Balaban J connectivity index is 1.56. The maximum absolute atomic E-state index is 13.6. The highest BCUT2D eigenvalue weighted by Gasteiger charge is 2.35. The Morgan fingerprint density at radius 1 is 0.686 bits per heavy atom. The maximum Gasteiger partial charge on any atom is 0.339 e. The van der Waals surface area contributed by atoms with Gasteiger partial charge in [0.25, 0.3) is 0 Å². The Kier molecular flexibility index (Phi) is 5.49. The highest BCUT2D eigenvalue weighted by atomic mass is 32.2. The Morgan fingerprint density at radius 2 is 1.40 bits per heavy atom. The van der Waals surface area contributed by atoms with Crippen LogP contribution in [-0.2, 0) is 10.1 Å². The van der Waals surface area contributed by atoms with E-state index in [2.05, 4.69) is 5.32 Å². The number of carbonyl (C=O) groups is 2. The van der Waals surface area contributed by atoms with Crippen LogP contribution in [0.2, 0.25) is 0 Å². The number of rotatable bonds is 5. The van der Waals surface area contributed by atoms with Crippen molar-refractivity contribution in [3.8, 4) is 5.75 Å². The molecule has 4 aromatic rings. The third-order valence-electron chi connectivity index (χ3n) is 5.88. The first-order valence-electron chi connectivity index (χ1n) is 10.9. The summed E-state index contributed by atoms with van der Waals surface area (Å²) in [5.74, 6) is -0.987. The number of nitrogens with one attached hydrogen (secondary N) is 1. The molecule has 0 aromatic heterocycles. The van der Waals surface area contributed by atoms with E-state index in [9.17, 15) is 18.0 Å². The largest absolute Gasteiger partial charge is 0.378 e. The van der Waals surface area contributed by atoms with Crippen LogP contribution in [0.1, 0.15) is 43.0 Å². The molecule has 0 radical (unpaired) electrons. The van der Waals surface area contributed by atoms with Crippen LogP contribution in [0.25, 0.3) is 0 Å². The fraction of sp³-hybridized carbons (Fsp3) is 0.0714. The van der Waals surface area contributed by atoms with Crippen LogP contribution in [0.4, 0.5) is 11.4 Å². The highest BCUT2D eigenvalue weighted by Crippen LogP contribution is 2.37. The van der Waals surface area contributed by atoms with Crippen LogP contribution in [0.15, 0.2) is 89.8 Å². The molecule has 0 aliphatic heterocycles. The molecule has 174 valence electrons. The normalized spacial score (nSPS) is 12.6. The van der Waals surface area contributed by atoms with Gasteiger partial charge in [-0.3, -0.25) is 9.59 Å². The van der Waals surface area contributed by atoms with E-state index in [1.54, 1.807) is 31.2 Å². The van der Waals surface area contributed by atoms with Gasteiger partial charge in [0.1, 0.15) is 4.90 Å². The minimum absolute atomic E-state index is 0.0384. The minimum atomic E-state index is -4.21. The van der Waals surface area contributed by atoms with E-state index in [0.717, 1.165) is 11.3 Å². The minimum Gasteiger partial charge on any atom is -0.378 e. The average molecular weight is 484 g/mol. The molecule has 1 aliphatic carbocycles. The molecule has 0 spiro atoms. The van der Waals surface area contributed by atoms with E-state index in [1.807, 2.05) is 37.3 Å². The summed E-state index contributed by atoms with van der Waals surface area (Å²) in [5.41, 5.74) is 3.58. The molecule has 7 heteroatoms. The average Bonchev–Trinajstić information content (AvgIpc) is 2.83. The van der Waals surface area contributed by atoms with Crippen molar-refractivity contribution in [3.05, 3.63) is 118 Å². The monoisotopic (exact) mass is 483 g/mol. The second kappa shape index (κ2) is 8.52. The van der Waals surface area contributed by atoms with Gasteiger partial charge in [0.15, 0.2) is 17.3 Å². The van der Waals surface area contributed by atoms with E-state index in [4.69, 9.17) is 4.18 Å². The summed E-state index contributed by atoms with van der Waals surface area (Å²) in [6.07, 6.45) is 0. The first-order valence-corrected chi connectivity index (χ1v) is 12.4. The lowest BCUT2D eigenvalue weighted by atomic mass is 9.81. The fourth-order valence-corrected chi connectivity index (χ4v) is 5.13. The Hall–Kier alpha value is -4.23. The van der Waals surface area contributed by atoms with Crippen molar-refractivity contribution < 1.29 is 22.2 Å². The molecule has 1 N–H and O–H groups in total. The molecule has 0 heterocycles. The van der Waals surface area contributed by atoms with Crippen molar-refractivity contribution in [1.82, 2.24) is 0 Å². The summed E-state index contributed by atoms with van der Waals surface area (Å²) in [5, 5.41) is 3.25. The molecule has 0 amide bonds. The molecular weight excluding hydrogens is 462 g/mol. The lowest BCUT2D eigenvalue weighted by Gasteiger charge is -2.22. The number of aryl methyl sites for hydroxylation is 2. The zero-order valence-electron chi connectivity index (χ0n) is 19.0. The zero-order chi connectivity index (χ0) is 24.7. The Morgan fingerprint density at radius 3 is 2.11 bits per heavy atom. The van der Waals surface area contributed by atoms with Crippen molar-refractivity contribution in [2.75, 3.05) is 5.32 Å². The summed E-state index contributed by atoms with van der Waals surface area (Å²) in [6.45, 7) is 3.59. The van der Waals surface area contributed by atoms with Crippen molar-refractivity contribution in [3.63, 3.8) is 0 Å².